The predicted octanol–water partition coefficient (Wildman–Crippen LogP) is 0.0932. The van der Waals surface area contributed by atoms with Crippen molar-refractivity contribution in [2.75, 3.05) is 13.7 Å². The Morgan fingerprint density at radius 1 is 1.39 bits per heavy atom. The summed E-state index contributed by atoms with van der Waals surface area (Å²) in [6, 6.07) is 5.84. The first-order valence-corrected chi connectivity index (χ1v) is 7.97. The SMILES string of the molecule is CCOC(=O)C(C)(NN=C=O)NS(=O)(=O)c1ccccc1OC. The normalized spacial score (nSPS) is 13.3. The minimum absolute atomic E-state index is 0.0112. The number of rotatable bonds is 8. The Kier molecular flexibility index (Phi) is 6.26. The van der Waals surface area contributed by atoms with Gasteiger partial charge in [-0.05, 0) is 26.0 Å². The molecule has 0 saturated carbocycles. The van der Waals surface area contributed by atoms with Gasteiger partial charge >= 0.3 is 5.97 Å². The maximum absolute atomic E-state index is 12.5. The highest BCUT2D eigenvalue weighted by Crippen LogP contribution is 2.23. The molecule has 1 rings (SSSR count). The molecule has 0 fully saturated rings. The minimum atomic E-state index is -4.18. The van der Waals surface area contributed by atoms with Crippen molar-refractivity contribution < 1.29 is 27.5 Å². The van der Waals surface area contributed by atoms with E-state index in [1.807, 2.05) is 0 Å². The molecule has 1 aromatic carbocycles. The van der Waals surface area contributed by atoms with Crippen molar-refractivity contribution in [2.45, 2.75) is 24.4 Å². The van der Waals surface area contributed by atoms with E-state index in [2.05, 4.69) is 15.2 Å². The van der Waals surface area contributed by atoms with Crippen LogP contribution in [0.4, 0.5) is 0 Å². The Hall–Kier alpha value is -2.42. The van der Waals surface area contributed by atoms with Crippen molar-refractivity contribution in [3.63, 3.8) is 0 Å². The van der Waals surface area contributed by atoms with Gasteiger partial charge in [0.1, 0.15) is 10.6 Å². The monoisotopic (exact) mass is 343 g/mol. The van der Waals surface area contributed by atoms with Gasteiger partial charge in [0.25, 0.3) is 6.08 Å². The zero-order chi connectivity index (χ0) is 17.5. The second-order valence-corrected chi connectivity index (χ2v) is 6.07. The first-order chi connectivity index (χ1) is 10.8. The number of hydrazone groups is 1. The number of isocyanates is 1. The molecule has 1 aromatic rings. The molecule has 2 N–H and O–H groups in total. The quantitative estimate of drug-likeness (QED) is 0.225. The van der Waals surface area contributed by atoms with Gasteiger partial charge in [-0.2, -0.15) is 4.72 Å². The van der Waals surface area contributed by atoms with Crippen molar-refractivity contribution in [3.05, 3.63) is 24.3 Å². The van der Waals surface area contributed by atoms with E-state index in [0.717, 1.165) is 0 Å². The summed E-state index contributed by atoms with van der Waals surface area (Å²) >= 11 is 0. The summed E-state index contributed by atoms with van der Waals surface area (Å²) < 4.78 is 36.9. The van der Waals surface area contributed by atoms with Gasteiger partial charge in [0.05, 0.1) is 13.7 Å². The molecule has 0 radical (unpaired) electrons. The van der Waals surface area contributed by atoms with E-state index >= 15 is 0 Å². The largest absolute Gasteiger partial charge is 0.495 e. The van der Waals surface area contributed by atoms with Crippen LogP contribution in [0.25, 0.3) is 0 Å². The highest BCUT2D eigenvalue weighted by Gasteiger charge is 2.40. The Labute approximate surface area is 133 Å². The molecular weight excluding hydrogens is 326 g/mol. The fourth-order valence-electron chi connectivity index (χ4n) is 1.68. The Bertz CT molecular complexity index is 714. The average Bonchev–Trinajstić information content (AvgIpc) is 2.52. The number of sulfonamides is 1. The number of para-hydroxylation sites is 1. The number of ether oxygens (including phenoxy) is 2. The summed E-state index contributed by atoms with van der Waals surface area (Å²) in [5.41, 5.74) is 0.0965. The topological polar surface area (TPSA) is 123 Å². The highest BCUT2D eigenvalue weighted by molar-refractivity contribution is 7.89. The van der Waals surface area contributed by atoms with Crippen LogP contribution in [-0.2, 0) is 24.3 Å². The third-order valence-electron chi connectivity index (χ3n) is 2.71. The molecule has 0 spiro atoms. The first-order valence-electron chi connectivity index (χ1n) is 6.49. The van der Waals surface area contributed by atoms with Gasteiger partial charge < -0.3 is 9.47 Å². The van der Waals surface area contributed by atoms with E-state index in [4.69, 9.17) is 9.47 Å². The summed E-state index contributed by atoms with van der Waals surface area (Å²) in [6.45, 7) is 2.73. The number of carbonyl (C=O) groups is 1. The van der Waals surface area contributed by atoms with Crippen LogP contribution in [0, 0.1) is 0 Å². The number of nitrogens with zero attached hydrogens (tertiary/aromatic N) is 1. The van der Waals surface area contributed by atoms with Gasteiger partial charge in [-0.25, -0.2) is 18.0 Å². The van der Waals surface area contributed by atoms with E-state index in [9.17, 15) is 18.0 Å². The van der Waals surface area contributed by atoms with Crippen LogP contribution < -0.4 is 14.9 Å². The number of methoxy groups -OCH3 is 1. The number of benzene rings is 1. The number of carbonyl (C=O) groups excluding carboxylic acids is 2. The fraction of sp³-hybridized carbons (Fsp3) is 0.385. The number of esters is 1. The van der Waals surface area contributed by atoms with Crippen LogP contribution in [0.5, 0.6) is 5.75 Å². The van der Waals surface area contributed by atoms with Crippen molar-refractivity contribution in [2.24, 2.45) is 5.10 Å². The van der Waals surface area contributed by atoms with E-state index in [-0.39, 0.29) is 17.3 Å². The van der Waals surface area contributed by atoms with Crippen LogP contribution in [0.2, 0.25) is 0 Å². The van der Waals surface area contributed by atoms with Gasteiger partial charge in [-0.1, -0.05) is 17.2 Å². The van der Waals surface area contributed by atoms with Gasteiger partial charge in [0.15, 0.2) is 0 Å². The van der Waals surface area contributed by atoms with Gasteiger partial charge in [0.2, 0.25) is 15.7 Å². The Morgan fingerprint density at radius 2 is 2.04 bits per heavy atom. The van der Waals surface area contributed by atoms with E-state index in [1.54, 1.807) is 13.0 Å². The van der Waals surface area contributed by atoms with Gasteiger partial charge in [-0.3, -0.25) is 5.43 Å². The lowest BCUT2D eigenvalue weighted by Gasteiger charge is -2.27. The summed E-state index contributed by atoms with van der Waals surface area (Å²) in [6.07, 6.45) is 1.17. The van der Waals surface area contributed by atoms with Gasteiger partial charge in [0, 0.05) is 0 Å². The Balaban J connectivity index is 3.25. The summed E-state index contributed by atoms with van der Waals surface area (Å²) in [4.78, 5) is 22.1. The maximum atomic E-state index is 12.5. The molecular formula is C13H17N3O6S. The smallest absolute Gasteiger partial charge is 0.349 e. The zero-order valence-electron chi connectivity index (χ0n) is 12.8. The predicted molar refractivity (Wildman–Crippen MR) is 79.6 cm³/mol. The maximum Gasteiger partial charge on any atom is 0.349 e. The zero-order valence-corrected chi connectivity index (χ0v) is 13.6. The van der Waals surface area contributed by atoms with Crippen molar-refractivity contribution >= 4 is 22.1 Å². The van der Waals surface area contributed by atoms with Crippen LogP contribution in [0.1, 0.15) is 13.8 Å². The number of hydrogen-bond acceptors (Lipinski definition) is 8. The van der Waals surface area contributed by atoms with E-state index in [0.29, 0.717) is 0 Å². The van der Waals surface area contributed by atoms with Crippen LogP contribution >= 0.6 is 0 Å². The van der Waals surface area contributed by atoms with E-state index in [1.165, 1.54) is 38.3 Å². The van der Waals surface area contributed by atoms with Crippen molar-refractivity contribution in [1.29, 1.82) is 0 Å². The highest BCUT2D eigenvalue weighted by atomic mass is 32.2. The summed E-state index contributed by atoms with van der Waals surface area (Å²) in [5, 5.41) is 3.05. The molecule has 9 nitrogen and oxygen atoms in total. The Morgan fingerprint density at radius 3 is 2.61 bits per heavy atom. The summed E-state index contributed by atoms with van der Waals surface area (Å²) in [7, 11) is -2.87. The van der Waals surface area contributed by atoms with Gasteiger partial charge in [-0.15, -0.1) is 0 Å². The van der Waals surface area contributed by atoms with Crippen molar-refractivity contribution in [1.82, 2.24) is 10.1 Å². The number of hydrogen-bond donors (Lipinski definition) is 2. The minimum Gasteiger partial charge on any atom is -0.495 e. The van der Waals surface area contributed by atoms with Crippen LogP contribution in [-0.4, -0.2) is 39.8 Å². The van der Waals surface area contributed by atoms with Crippen LogP contribution in [0.3, 0.4) is 0 Å². The average molecular weight is 343 g/mol. The second-order valence-electron chi connectivity index (χ2n) is 4.42. The summed E-state index contributed by atoms with van der Waals surface area (Å²) in [5.74, 6) is -0.873. The molecule has 1 unspecified atom stereocenters. The molecule has 0 bridgehead atoms. The molecule has 0 aliphatic rings. The molecule has 0 aromatic heterocycles. The molecule has 23 heavy (non-hydrogen) atoms. The molecule has 10 heteroatoms. The third kappa shape index (κ3) is 4.52. The molecule has 1 atom stereocenters. The molecule has 0 saturated heterocycles. The number of nitrogens with one attached hydrogen (secondary N) is 2. The second kappa shape index (κ2) is 7.73. The van der Waals surface area contributed by atoms with E-state index < -0.39 is 21.7 Å². The lowest BCUT2D eigenvalue weighted by molar-refractivity contribution is -0.151. The molecule has 0 amide bonds. The third-order valence-corrected chi connectivity index (χ3v) is 4.30. The molecule has 0 aliphatic heterocycles. The lowest BCUT2D eigenvalue weighted by Crippen LogP contribution is -2.60. The molecule has 0 heterocycles. The molecule has 126 valence electrons. The first kappa shape index (κ1) is 18.6. The van der Waals surface area contributed by atoms with Crippen LogP contribution in [0.15, 0.2) is 34.3 Å². The fourth-order valence-corrected chi connectivity index (χ4v) is 3.14. The standard InChI is InChI=1S/C13H17N3O6S/c1-4-22-12(18)13(2,15-14-9-17)16-23(19,20)11-8-6-5-7-10(11)21-3/h5-8,15-16H,4H2,1-3H3. The molecule has 0 aliphatic carbocycles. The lowest BCUT2D eigenvalue weighted by atomic mass is 10.2. The van der Waals surface area contributed by atoms with Crippen molar-refractivity contribution in [3.8, 4) is 5.75 Å².